The summed E-state index contributed by atoms with van der Waals surface area (Å²) in [7, 11) is 0. The Kier molecular flexibility index (Phi) is 3.71. The van der Waals surface area contributed by atoms with Crippen molar-refractivity contribution < 1.29 is 9.90 Å². The maximum absolute atomic E-state index is 11.7. The van der Waals surface area contributed by atoms with E-state index >= 15 is 0 Å². The molecule has 1 fully saturated rings. The summed E-state index contributed by atoms with van der Waals surface area (Å²) in [6.45, 7) is 3.11. The fourth-order valence-electron chi connectivity index (χ4n) is 3.25. The minimum Gasteiger partial charge on any atom is -0.481 e. The van der Waals surface area contributed by atoms with Crippen LogP contribution in [-0.2, 0) is 11.3 Å². The van der Waals surface area contributed by atoms with Crippen molar-refractivity contribution in [2.45, 2.75) is 45.1 Å². The molecule has 1 aromatic rings. The summed E-state index contributed by atoms with van der Waals surface area (Å²) in [5.74, 6) is -0.848. The Morgan fingerprint density at radius 1 is 1.61 bits per heavy atom. The summed E-state index contributed by atoms with van der Waals surface area (Å²) in [5.41, 5.74) is 6.16. The SMILES string of the molecule is CCn1nccc1C(CN)C1(C(=O)O)CCCC1. The van der Waals surface area contributed by atoms with Crippen LogP contribution >= 0.6 is 0 Å². The fraction of sp³-hybridized carbons (Fsp3) is 0.692. The Hall–Kier alpha value is -1.36. The molecule has 0 amide bonds. The highest BCUT2D eigenvalue weighted by Gasteiger charge is 2.48. The van der Waals surface area contributed by atoms with Crippen LogP contribution < -0.4 is 5.73 Å². The van der Waals surface area contributed by atoms with Crippen molar-refractivity contribution in [3.8, 4) is 0 Å². The average Bonchev–Trinajstić information content (AvgIpc) is 2.99. The summed E-state index contributed by atoms with van der Waals surface area (Å²) < 4.78 is 1.86. The van der Waals surface area contributed by atoms with Gasteiger partial charge in [-0.1, -0.05) is 12.8 Å². The van der Waals surface area contributed by atoms with E-state index in [1.54, 1.807) is 6.20 Å². The van der Waals surface area contributed by atoms with E-state index in [1.165, 1.54) is 0 Å². The Labute approximate surface area is 107 Å². The van der Waals surface area contributed by atoms with Crippen LogP contribution in [0.4, 0.5) is 0 Å². The predicted octanol–water partition coefficient (Wildman–Crippen LogP) is 1.59. The molecule has 1 unspecified atom stereocenters. The van der Waals surface area contributed by atoms with Crippen molar-refractivity contribution in [2.75, 3.05) is 6.54 Å². The maximum atomic E-state index is 11.7. The molecule has 0 saturated heterocycles. The van der Waals surface area contributed by atoms with E-state index < -0.39 is 11.4 Å². The van der Waals surface area contributed by atoms with Gasteiger partial charge >= 0.3 is 5.97 Å². The minimum atomic E-state index is -0.709. The fourth-order valence-corrected chi connectivity index (χ4v) is 3.25. The first-order valence-corrected chi connectivity index (χ1v) is 6.61. The molecule has 1 aliphatic carbocycles. The molecule has 0 radical (unpaired) electrons. The molecule has 3 N–H and O–H groups in total. The van der Waals surface area contributed by atoms with E-state index in [9.17, 15) is 9.90 Å². The number of aliphatic carboxylic acids is 1. The largest absolute Gasteiger partial charge is 0.481 e. The number of rotatable bonds is 5. The van der Waals surface area contributed by atoms with E-state index in [-0.39, 0.29) is 5.92 Å². The normalized spacial score (nSPS) is 19.9. The van der Waals surface area contributed by atoms with E-state index in [1.807, 2.05) is 17.7 Å². The van der Waals surface area contributed by atoms with Crippen LogP contribution in [0, 0.1) is 5.41 Å². The van der Waals surface area contributed by atoms with Gasteiger partial charge < -0.3 is 10.8 Å². The van der Waals surface area contributed by atoms with Crippen LogP contribution in [0.25, 0.3) is 0 Å². The zero-order valence-corrected chi connectivity index (χ0v) is 10.8. The van der Waals surface area contributed by atoms with Gasteiger partial charge in [0, 0.05) is 30.9 Å². The second-order valence-electron chi connectivity index (χ2n) is 5.03. The molecule has 1 heterocycles. The third-order valence-electron chi connectivity index (χ3n) is 4.23. The molecular weight excluding hydrogens is 230 g/mol. The van der Waals surface area contributed by atoms with Crippen LogP contribution in [0.1, 0.15) is 44.2 Å². The lowest BCUT2D eigenvalue weighted by Crippen LogP contribution is -2.39. The number of aryl methyl sites for hydroxylation is 1. The Morgan fingerprint density at radius 3 is 2.78 bits per heavy atom. The molecule has 1 aliphatic rings. The topological polar surface area (TPSA) is 81.1 Å². The van der Waals surface area contributed by atoms with E-state index in [0.717, 1.165) is 37.9 Å². The average molecular weight is 251 g/mol. The molecule has 0 bridgehead atoms. The highest BCUT2D eigenvalue weighted by molar-refractivity contribution is 5.76. The summed E-state index contributed by atoms with van der Waals surface area (Å²) >= 11 is 0. The molecule has 0 spiro atoms. The number of nitrogens with zero attached hydrogens (tertiary/aromatic N) is 2. The second-order valence-corrected chi connectivity index (χ2v) is 5.03. The molecule has 1 saturated carbocycles. The Morgan fingerprint density at radius 2 is 2.28 bits per heavy atom. The van der Waals surface area contributed by atoms with E-state index in [4.69, 9.17) is 5.73 Å². The zero-order chi connectivity index (χ0) is 13.2. The highest BCUT2D eigenvalue weighted by atomic mass is 16.4. The van der Waals surface area contributed by atoms with Gasteiger partial charge in [0.05, 0.1) is 5.41 Å². The van der Waals surface area contributed by atoms with Gasteiger partial charge in [0.15, 0.2) is 0 Å². The molecule has 2 rings (SSSR count). The first kappa shape index (κ1) is 13.1. The third kappa shape index (κ3) is 1.92. The van der Waals surface area contributed by atoms with Crippen molar-refractivity contribution in [2.24, 2.45) is 11.1 Å². The predicted molar refractivity (Wildman–Crippen MR) is 68.2 cm³/mol. The van der Waals surface area contributed by atoms with Crippen molar-refractivity contribution in [3.63, 3.8) is 0 Å². The van der Waals surface area contributed by atoms with E-state index in [2.05, 4.69) is 5.10 Å². The Balaban J connectivity index is 2.40. The minimum absolute atomic E-state index is 0.139. The molecule has 1 atom stereocenters. The van der Waals surface area contributed by atoms with Crippen LogP contribution in [-0.4, -0.2) is 27.4 Å². The number of hydrogen-bond donors (Lipinski definition) is 2. The molecule has 5 heteroatoms. The van der Waals surface area contributed by atoms with Crippen molar-refractivity contribution in [1.29, 1.82) is 0 Å². The highest BCUT2D eigenvalue weighted by Crippen LogP contribution is 2.48. The van der Waals surface area contributed by atoms with Crippen LogP contribution in [0.3, 0.4) is 0 Å². The van der Waals surface area contributed by atoms with Crippen LogP contribution in [0.15, 0.2) is 12.3 Å². The van der Waals surface area contributed by atoms with Gasteiger partial charge in [-0.3, -0.25) is 9.48 Å². The maximum Gasteiger partial charge on any atom is 0.310 e. The summed E-state index contributed by atoms with van der Waals surface area (Å²) in [6.07, 6.45) is 5.12. The van der Waals surface area contributed by atoms with Gasteiger partial charge in [0.2, 0.25) is 0 Å². The quantitative estimate of drug-likeness (QED) is 0.832. The summed E-state index contributed by atoms with van der Waals surface area (Å²) in [6, 6.07) is 1.91. The summed E-state index contributed by atoms with van der Waals surface area (Å²) in [5, 5.41) is 13.9. The smallest absolute Gasteiger partial charge is 0.310 e. The molecular formula is C13H21N3O2. The molecule has 100 valence electrons. The number of carbonyl (C=O) groups is 1. The molecule has 18 heavy (non-hydrogen) atoms. The zero-order valence-electron chi connectivity index (χ0n) is 10.8. The van der Waals surface area contributed by atoms with Crippen LogP contribution in [0.5, 0.6) is 0 Å². The van der Waals surface area contributed by atoms with Crippen LogP contribution in [0.2, 0.25) is 0 Å². The lowest BCUT2D eigenvalue weighted by atomic mass is 9.72. The van der Waals surface area contributed by atoms with Gasteiger partial charge in [-0.25, -0.2) is 0 Å². The van der Waals surface area contributed by atoms with Gasteiger partial charge in [-0.2, -0.15) is 5.10 Å². The monoisotopic (exact) mass is 251 g/mol. The first-order valence-electron chi connectivity index (χ1n) is 6.61. The number of nitrogens with two attached hydrogens (primary N) is 1. The van der Waals surface area contributed by atoms with E-state index in [0.29, 0.717) is 6.54 Å². The molecule has 5 nitrogen and oxygen atoms in total. The molecule has 0 aliphatic heterocycles. The molecule has 0 aromatic carbocycles. The van der Waals surface area contributed by atoms with Crippen molar-refractivity contribution in [1.82, 2.24) is 9.78 Å². The van der Waals surface area contributed by atoms with Crippen molar-refractivity contribution in [3.05, 3.63) is 18.0 Å². The number of aromatic nitrogens is 2. The summed E-state index contributed by atoms with van der Waals surface area (Å²) in [4.78, 5) is 11.7. The van der Waals surface area contributed by atoms with Gasteiger partial charge in [0.1, 0.15) is 0 Å². The van der Waals surface area contributed by atoms with Gasteiger partial charge in [0.25, 0.3) is 0 Å². The standard InChI is InChI=1S/C13H21N3O2/c1-2-16-11(5-8-15-16)10(9-14)13(12(17)18)6-3-4-7-13/h5,8,10H,2-4,6-7,9,14H2,1H3,(H,17,18). The Bertz CT molecular complexity index is 422. The number of hydrogen-bond acceptors (Lipinski definition) is 3. The second kappa shape index (κ2) is 5.10. The number of carboxylic acid groups (broad SMARTS) is 1. The number of carboxylic acids is 1. The lowest BCUT2D eigenvalue weighted by molar-refractivity contribution is -0.150. The third-order valence-corrected chi connectivity index (χ3v) is 4.23. The first-order chi connectivity index (χ1) is 8.65. The van der Waals surface area contributed by atoms with Gasteiger partial charge in [-0.05, 0) is 25.8 Å². The molecule has 1 aromatic heterocycles. The van der Waals surface area contributed by atoms with Crippen molar-refractivity contribution >= 4 is 5.97 Å². The lowest BCUT2D eigenvalue weighted by Gasteiger charge is -2.33. The van der Waals surface area contributed by atoms with Gasteiger partial charge in [-0.15, -0.1) is 0 Å².